The summed E-state index contributed by atoms with van der Waals surface area (Å²) < 4.78 is 5.20. The second-order valence-corrected chi connectivity index (χ2v) is 5.18. The van der Waals surface area contributed by atoms with Gasteiger partial charge in [0.15, 0.2) is 0 Å². The van der Waals surface area contributed by atoms with Crippen molar-refractivity contribution in [2.24, 2.45) is 5.92 Å². The number of nitrogens with zero attached hydrogens (tertiary/aromatic N) is 1. The molecule has 1 aliphatic carbocycles. The summed E-state index contributed by atoms with van der Waals surface area (Å²) >= 11 is 0. The van der Waals surface area contributed by atoms with Gasteiger partial charge >= 0.3 is 12.0 Å². The normalized spacial score (nSPS) is 16.7. The molecule has 7 nitrogen and oxygen atoms in total. The van der Waals surface area contributed by atoms with Crippen LogP contribution in [-0.4, -0.2) is 34.2 Å². The van der Waals surface area contributed by atoms with Crippen molar-refractivity contribution in [1.82, 2.24) is 10.3 Å². The van der Waals surface area contributed by atoms with Crippen molar-refractivity contribution in [2.45, 2.75) is 32.2 Å². The summed E-state index contributed by atoms with van der Waals surface area (Å²) in [5, 5.41) is 14.4. The van der Waals surface area contributed by atoms with Crippen LogP contribution < -0.4 is 15.4 Å². The van der Waals surface area contributed by atoms with Gasteiger partial charge in [0.1, 0.15) is 5.54 Å². The van der Waals surface area contributed by atoms with Crippen LogP contribution in [0.1, 0.15) is 26.7 Å². The van der Waals surface area contributed by atoms with Crippen molar-refractivity contribution in [3.05, 3.63) is 18.3 Å². The fourth-order valence-electron chi connectivity index (χ4n) is 2.08. The molecular weight excluding hydrogens is 274 g/mol. The summed E-state index contributed by atoms with van der Waals surface area (Å²) in [6.45, 7) is 3.90. The zero-order valence-electron chi connectivity index (χ0n) is 12.0. The van der Waals surface area contributed by atoms with E-state index in [1.54, 1.807) is 12.1 Å². The molecule has 1 fully saturated rings. The molecule has 0 radical (unpaired) electrons. The van der Waals surface area contributed by atoms with Gasteiger partial charge in [-0.25, -0.2) is 14.6 Å². The van der Waals surface area contributed by atoms with Crippen LogP contribution >= 0.6 is 0 Å². The van der Waals surface area contributed by atoms with E-state index in [0.717, 1.165) is 12.8 Å². The predicted molar refractivity (Wildman–Crippen MR) is 76.3 cm³/mol. The number of rotatable bonds is 6. The number of urea groups is 1. The Hall–Kier alpha value is -2.31. The number of anilines is 1. The molecule has 1 heterocycles. The van der Waals surface area contributed by atoms with Crippen LogP contribution in [0, 0.1) is 5.92 Å². The molecule has 7 heteroatoms. The first kappa shape index (κ1) is 15.1. The number of amides is 2. The largest absolute Gasteiger partial charge is 0.480 e. The lowest BCUT2D eigenvalue weighted by molar-refractivity contribution is -0.144. The Labute approximate surface area is 122 Å². The monoisotopic (exact) mass is 293 g/mol. The minimum atomic E-state index is -1.23. The summed E-state index contributed by atoms with van der Waals surface area (Å²) in [5.41, 5.74) is -0.762. The number of pyridine rings is 1. The van der Waals surface area contributed by atoms with Gasteiger partial charge in [-0.1, -0.05) is 0 Å². The second-order valence-electron chi connectivity index (χ2n) is 5.18. The van der Waals surface area contributed by atoms with Crippen LogP contribution in [0.5, 0.6) is 5.88 Å². The third-order valence-electron chi connectivity index (χ3n) is 3.50. The summed E-state index contributed by atoms with van der Waals surface area (Å²) in [5.74, 6) is -0.569. The lowest BCUT2D eigenvalue weighted by Gasteiger charge is -2.26. The molecule has 0 aliphatic heterocycles. The standard InChI is InChI=1S/C14H19N3O4/c1-3-21-11-7-6-10(8-15-11)16-13(20)17-14(2,12(18)19)9-4-5-9/h6-9H,3-5H2,1-2H3,(H,18,19)(H2,16,17,20). The first-order valence-corrected chi connectivity index (χ1v) is 6.87. The van der Waals surface area contributed by atoms with Crippen LogP contribution in [-0.2, 0) is 4.79 Å². The molecule has 0 bridgehead atoms. The van der Waals surface area contributed by atoms with Crippen LogP contribution in [0.25, 0.3) is 0 Å². The Balaban J connectivity index is 1.96. The average Bonchev–Trinajstić information content (AvgIpc) is 3.25. The Kier molecular flexibility index (Phi) is 4.30. The molecule has 114 valence electrons. The average molecular weight is 293 g/mol. The number of carboxylic acid groups (broad SMARTS) is 1. The number of hydrogen-bond donors (Lipinski definition) is 3. The molecule has 2 rings (SSSR count). The first-order chi connectivity index (χ1) is 9.95. The maximum atomic E-state index is 11.9. The second kappa shape index (κ2) is 5.99. The Morgan fingerprint density at radius 1 is 1.48 bits per heavy atom. The number of aromatic nitrogens is 1. The third-order valence-corrected chi connectivity index (χ3v) is 3.50. The molecule has 1 unspecified atom stereocenters. The molecule has 1 aliphatic rings. The summed E-state index contributed by atoms with van der Waals surface area (Å²) in [6.07, 6.45) is 3.08. The van der Waals surface area contributed by atoms with Gasteiger partial charge in [-0.2, -0.15) is 0 Å². The van der Waals surface area contributed by atoms with Crippen molar-refractivity contribution in [2.75, 3.05) is 11.9 Å². The number of carboxylic acids is 1. The molecule has 1 aromatic heterocycles. The zero-order valence-corrected chi connectivity index (χ0v) is 12.0. The van der Waals surface area contributed by atoms with Crippen LogP contribution in [0.15, 0.2) is 18.3 Å². The van der Waals surface area contributed by atoms with Gasteiger partial charge in [0, 0.05) is 6.07 Å². The number of nitrogens with one attached hydrogen (secondary N) is 2. The van der Waals surface area contributed by atoms with Gasteiger partial charge in [-0.15, -0.1) is 0 Å². The Morgan fingerprint density at radius 2 is 2.19 bits per heavy atom. The lowest BCUT2D eigenvalue weighted by Crippen LogP contribution is -2.55. The predicted octanol–water partition coefficient (Wildman–Crippen LogP) is 1.86. The smallest absolute Gasteiger partial charge is 0.329 e. The highest BCUT2D eigenvalue weighted by Gasteiger charge is 2.48. The Bertz CT molecular complexity index is 528. The number of hydrogen-bond acceptors (Lipinski definition) is 4. The first-order valence-electron chi connectivity index (χ1n) is 6.87. The molecule has 1 saturated carbocycles. The zero-order chi connectivity index (χ0) is 15.5. The van der Waals surface area contributed by atoms with Gasteiger partial charge in [-0.05, 0) is 38.7 Å². The lowest BCUT2D eigenvalue weighted by atomic mass is 9.96. The van der Waals surface area contributed by atoms with Crippen molar-refractivity contribution >= 4 is 17.7 Å². The number of ether oxygens (including phenoxy) is 1. The van der Waals surface area contributed by atoms with E-state index in [9.17, 15) is 14.7 Å². The quantitative estimate of drug-likeness (QED) is 0.743. The van der Waals surface area contributed by atoms with E-state index in [-0.39, 0.29) is 5.92 Å². The van der Waals surface area contributed by atoms with Gasteiger partial charge in [0.25, 0.3) is 0 Å². The SMILES string of the molecule is CCOc1ccc(NC(=O)NC(C)(C(=O)O)C2CC2)cn1. The van der Waals surface area contributed by atoms with Crippen molar-refractivity contribution in [3.63, 3.8) is 0 Å². The molecule has 0 saturated heterocycles. The maximum absolute atomic E-state index is 11.9. The van der Waals surface area contributed by atoms with Gasteiger partial charge in [-0.3, -0.25) is 0 Å². The summed E-state index contributed by atoms with van der Waals surface area (Å²) in [4.78, 5) is 27.3. The highest BCUT2D eigenvalue weighted by Crippen LogP contribution is 2.39. The van der Waals surface area contributed by atoms with Crippen LogP contribution in [0.4, 0.5) is 10.5 Å². The minimum Gasteiger partial charge on any atom is -0.480 e. The van der Waals surface area contributed by atoms with Crippen molar-refractivity contribution in [1.29, 1.82) is 0 Å². The minimum absolute atomic E-state index is 0.0146. The number of aliphatic carboxylic acids is 1. The fourth-order valence-corrected chi connectivity index (χ4v) is 2.08. The summed E-state index contributed by atoms with van der Waals surface area (Å²) in [7, 11) is 0. The van der Waals surface area contributed by atoms with Crippen molar-refractivity contribution < 1.29 is 19.4 Å². The van der Waals surface area contributed by atoms with Crippen LogP contribution in [0.3, 0.4) is 0 Å². The molecular formula is C14H19N3O4. The molecule has 1 aromatic rings. The molecule has 0 aromatic carbocycles. The van der Waals surface area contributed by atoms with E-state index in [1.807, 2.05) is 6.92 Å². The Morgan fingerprint density at radius 3 is 2.67 bits per heavy atom. The van der Waals surface area contributed by atoms with Crippen LogP contribution in [0.2, 0.25) is 0 Å². The highest BCUT2D eigenvalue weighted by molar-refractivity contribution is 5.94. The van der Waals surface area contributed by atoms with E-state index >= 15 is 0 Å². The van der Waals surface area contributed by atoms with E-state index in [0.29, 0.717) is 18.2 Å². The van der Waals surface area contributed by atoms with E-state index < -0.39 is 17.5 Å². The fraction of sp³-hybridized carbons (Fsp3) is 0.500. The molecule has 0 spiro atoms. The van der Waals surface area contributed by atoms with Gasteiger partial charge < -0.3 is 20.5 Å². The van der Waals surface area contributed by atoms with Gasteiger partial charge in [0.05, 0.1) is 18.5 Å². The van der Waals surface area contributed by atoms with E-state index in [1.165, 1.54) is 13.1 Å². The van der Waals surface area contributed by atoms with E-state index in [2.05, 4.69) is 15.6 Å². The molecule has 3 N–H and O–H groups in total. The third kappa shape index (κ3) is 3.62. The molecule has 1 atom stereocenters. The number of carbonyl (C=O) groups is 2. The topological polar surface area (TPSA) is 101 Å². The van der Waals surface area contributed by atoms with Gasteiger partial charge in [0.2, 0.25) is 5.88 Å². The summed E-state index contributed by atoms with van der Waals surface area (Å²) in [6, 6.07) is 2.72. The molecule has 2 amide bonds. The highest BCUT2D eigenvalue weighted by atomic mass is 16.5. The molecule has 21 heavy (non-hydrogen) atoms. The van der Waals surface area contributed by atoms with Crippen molar-refractivity contribution in [3.8, 4) is 5.88 Å². The maximum Gasteiger partial charge on any atom is 0.329 e. The number of carbonyl (C=O) groups excluding carboxylic acids is 1. The van der Waals surface area contributed by atoms with E-state index in [4.69, 9.17) is 4.74 Å².